The molecule has 6 heteroatoms. The van der Waals surface area contributed by atoms with E-state index in [1.807, 2.05) is 12.1 Å². The van der Waals surface area contributed by atoms with E-state index in [1.54, 1.807) is 6.07 Å². The van der Waals surface area contributed by atoms with Gasteiger partial charge in [0.2, 0.25) is 5.43 Å². The quantitative estimate of drug-likeness (QED) is 0.781. The molecule has 1 aliphatic rings. The number of H-pyrrole nitrogens is 1. The number of hydrogen-bond donors (Lipinski definition) is 3. The molecule has 3 rings (SSSR count). The highest BCUT2D eigenvalue weighted by molar-refractivity contribution is 5.93. The highest BCUT2D eigenvalue weighted by Gasteiger charge is 2.17. The van der Waals surface area contributed by atoms with Gasteiger partial charge in [0, 0.05) is 36.4 Å². The van der Waals surface area contributed by atoms with Crippen molar-refractivity contribution in [3.8, 4) is 0 Å². The first-order valence-electron chi connectivity index (χ1n) is 7.45. The van der Waals surface area contributed by atoms with E-state index in [-0.39, 0.29) is 11.6 Å². The van der Waals surface area contributed by atoms with Crippen LogP contribution in [0.25, 0.3) is 10.9 Å². The first-order chi connectivity index (χ1) is 10.6. The smallest absolute Gasteiger partial charge is 0.341 e. The second kappa shape index (κ2) is 5.81. The van der Waals surface area contributed by atoms with Gasteiger partial charge in [-0.1, -0.05) is 6.42 Å². The first kappa shape index (κ1) is 14.6. The van der Waals surface area contributed by atoms with Crippen LogP contribution in [0, 0.1) is 0 Å². The molecule has 1 saturated heterocycles. The Morgan fingerprint density at radius 2 is 2.18 bits per heavy atom. The lowest BCUT2D eigenvalue weighted by molar-refractivity contribution is 0.0695. The lowest BCUT2D eigenvalue weighted by atomic mass is 10.1. The molecule has 22 heavy (non-hydrogen) atoms. The van der Waals surface area contributed by atoms with Gasteiger partial charge in [-0.05, 0) is 31.0 Å². The number of fused-ring (bicyclic) bond motifs is 1. The summed E-state index contributed by atoms with van der Waals surface area (Å²) in [7, 11) is 0. The zero-order valence-corrected chi connectivity index (χ0v) is 12.2. The summed E-state index contributed by atoms with van der Waals surface area (Å²) < 4.78 is 0. The third-order valence-corrected chi connectivity index (χ3v) is 4.17. The van der Waals surface area contributed by atoms with Crippen LogP contribution in [-0.4, -0.2) is 35.2 Å². The van der Waals surface area contributed by atoms with E-state index in [1.165, 1.54) is 6.20 Å². The zero-order chi connectivity index (χ0) is 15.7. The molecule has 1 fully saturated rings. The molecule has 6 nitrogen and oxygen atoms in total. The molecule has 0 aliphatic carbocycles. The summed E-state index contributed by atoms with van der Waals surface area (Å²) >= 11 is 0. The summed E-state index contributed by atoms with van der Waals surface area (Å²) in [6.45, 7) is 1.74. The van der Waals surface area contributed by atoms with Crippen LogP contribution in [0.2, 0.25) is 0 Å². The van der Waals surface area contributed by atoms with Gasteiger partial charge in [0.25, 0.3) is 0 Å². The highest BCUT2D eigenvalue weighted by atomic mass is 16.4. The minimum atomic E-state index is -1.22. The van der Waals surface area contributed by atoms with Crippen LogP contribution in [0.1, 0.15) is 29.6 Å². The van der Waals surface area contributed by atoms with E-state index in [4.69, 9.17) is 10.8 Å². The Morgan fingerprint density at radius 1 is 1.36 bits per heavy atom. The number of anilines is 1. The SMILES string of the molecule is NC1CCCCN(c2ccc3c(=O)c(C(=O)O)c[nH]c3c2)C1. The van der Waals surface area contributed by atoms with Gasteiger partial charge in [0.1, 0.15) is 5.56 Å². The average Bonchev–Trinajstić information content (AvgIpc) is 2.71. The molecule has 0 saturated carbocycles. The molecular formula is C16H19N3O3. The van der Waals surface area contributed by atoms with Crippen molar-refractivity contribution in [3.63, 3.8) is 0 Å². The second-order valence-electron chi connectivity index (χ2n) is 5.77. The number of nitrogens with two attached hydrogens (primary N) is 1. The average molecular weight is 301 g/mol. The molecule has 2 aromatic rings. The lowest BCUT2D eigenvalue weighted by Crippen LogP contribution is -2.35. The largest absolute Gasteiger partial charge is 0.477 e. The van der Waals surface area contributed by atoms with Crippen molar-refractivity contribution in [1.29, 1.82) is 0 Å². The van der Waals surface area contributed by atoms with Crippen molar-refractivity contribution in [2.45, 2.75) is 25.3 Å². The second-order valence-corrected chi connectivity index (χ2v) is 5.77. The number of carboxylic acid groups (broad SMARTS) is 1. The predicted molar refractivity (Wildman–Crippen MR) is 85.6 cm³/mol. The van der Waals surface area contributed by atoms with Gasteiger partial charge in [-0.15, -0.1) is 0 Å². The van der Waals surface area contributed by atoms with Crippen molar-refractivity contribution in [1.82, 2.24) is 4.98 Å². The van der Waals surface area contributed by atoms with Crippen LogP contribution >= 0.6 is 0 Å². The van der Waals surface area contributed by atoms with Crippen molar-refractivity contribution in [3.05, 3.63) is 40.2 Å². The van der Waals surface area contributed by atoms with Crippen LogP contribution in [0.4, 0.5) is 5.69 Å². The Kier molecular flexibility index (Phi) is 3.85. The van der Waals surface area contributed by atoms with E-state index < -0.39 is 11.4 Å². The lowest BCUT2D eigenvalue weighted by Gasteiger charge is -2.25. The van der Waals surface area contributed by atoms with Gasteiger partial charge in [-0.3, -0.25) is 4.79 Å². The molecule has 0 amide bonds. The number of nitrogens with one attached hydrogen (secondary N) is 1. The van der Waals surface area contributed by atoms with Crippen LogP contribution in [0.5, 0.6) is 0 Å². The van der Waals surface area contributed by atoms with Crippen molar-refractivity contribution in [2.75, 3.05) is 18.0 Å². The van der Waals surface area contributed by atoms with Crippen molar-refractivity contribution >= 4 is 22.6 Å². The molecular weight excluding hydrogens is 282 g/mol. The van der Waals surface area contributed by atoms with Gasteiger partial charge in [0.05, 0.1) is 5.52 Å². The number of carbonyl (C=O) groups is 1. The molecule has 1 atom stereocenters. The standard InChI is InChI=1S/C16H19N3O3/c17-10-3-1-2-6-19(9-10)11-4-5-12-14(7-11)18-8-13(15(12)20)16(21)22/h4-5,7-8,10H,1-3,6,9,17H2,(H,18,20)(H,21,22). The van der Waals surface area contributed by atoms with E-state index in [0.717, 1.165) is 38.0 Å². The van der Waals surface area contributed by atoms with Gasteiger partial charge < -0.3 is 20.7 Å². The minimum Gasteiger partial charge on any atom is -0.477 e. The van der Waals surface area contributed by atoms with Gasteiger partial charge in [0.15, 0.2) is 0 Å². The molecule has 1 aliphatic heterocycles. The molecule has 2 heterocycles. The summed E-state index contributed by atoms with van der Waals surface area (Å²) in [5, 5.41) is 9.39. The number of nitrogens with zero attached hydrogens (tertiary/aromatic N) is 1. The molecule has 116 valence electrons. The van der Waals surface area contributed by atoms with E-state index in [9.17, 15) is 9.59 Å². The number of carboxylic acids is 1. The third kappa shape index (κ3) is 2.69. The summed E-state index contributed by atoms with van der Waals surface area (Å²) in [5.41, 5.74) is 7.04. The minimum absolute atomic E-state index is 0.159. The Hall–Kier alpha value is -2.34. The molecule has 0 bridgehead atoms. The number of aromatic nitrogens is 1. The van der Waals surface area contributed by atoms with Crippen LogP contribution in [0.15, 0.2) is 29.2 Å². The fourth-order valence-corrected chi connectivity index (χ4v) is 2.98. The Bertz CT molecular complexity index is 769. The summed E-state index contributed by atoms with van der Waals surface area (Å²) in [4.78, 5) is 28.3. The normalized spacial score (nSPS) is 19.1. The number of pyridine rings is 1. The Morgan fingerprint density at radius 3 is 2.95 bits per heavy atom. The van der Waals surface area contributed by atoms with Crippen LogP contribution < -0.4 is 16.1 Å². The third-order valence-electron chi connectivity index (χ3n) is 4.17. The number of hydrogen-bond acceptors (Lipinski definition) is 4. The number of benzene rings is 1. The van der Waals surface area contributed by atoms with Gasteiger partial charge in [-0.2, -0.15) is 0 Å². The zero-order valence-electron chi connectivity index (χ0n) is 12.2. The van der Waals surface area contributed by atoms with E-state index in [2.05, 4.69) is 9.88 Å². The van der Waals surface area contributed by atoms with Gasteiger partial charge >= 0.3 is 5.97 Å². The molecule has 0 spiro atoms. The summed E-state index contributed by atoms with van der Waals surface area (Å²) in [5.74, 6) is -1.22. The van der Waals surface area contributed by atoms with Crippen molar-refractivity contribution in [2.24, 2.45) is 5.73 Å². The van der Waals surface area contributed by atoms with E-state index >= 15 is 0 Å². The molecule has 0 radical (unpaired) electrons. The Balaban J connectivity index is 2.01. The topological polar surface area (TPSA) is 99.4 Å². The number of rotatable bonds is 2. The van der Waals surface area contributed by atoms with E-state index in [0.29, 0.717) is 10.9 Å². The molecule has 1 aromatic carbocycles. The monoisotopic (exact) mass is 301 g/mol. The number of aromatic carboxylic acids is 1. The van der Waals surface area contributed by atoms with Crippen LogP contribution in [0.3, 0.4) is 0 Å². The van der Waals surface area contributed by atoms with Crippen LogP contribution in [-0.2, 0) is 0 Å². The Labute approximate surface area is 127 Å². The summed E-state index contributed by atoms with van der Waals surface area (Å²) in [6.07, 6.45) is 4.51. The highest BCUT2D eigenvalue weighted by Crippen LogP contribution is 2.22. The van der Waals surface area contributed by atoms with Crippen molar-refractivity contribution < 1.29 is 9.90 Å². The number of aromatic amines is 1. The summed E-state index contributed by atoms with van der Waals surface area (Å²) in [6, 6.07) is 5.60. The molecule has 1 unspecified atom stereocenters. The fraction of sp³-hybridized carbons (Fsp3) is 0.375. The molecule has 1 aromatic heterocycles. The molecule has 4 N–H and O–H groups in total. The fourth-order valence-electron chi connectivity index (χ4n) is 2.98. The maximum Gasteiger partial charge on any atom is 0.341 e. The predicted octanol–water partition coefficient (Wildman–Crippen LogP) is 1.54. The maximum absolute atomic E-state index is 12.1. The maximum atomic E-state index is 12.1. The first-order valence-corrected chi connectivity index (χ1v) is 7.45. The van der Waals surface area contributed by atoms with Gasteiger partial charge in [-0.25, -0.2) is 4.79 Å².